The minimum atomic E-state index is -0.0456. The predicted octanol–water partition coefficient (Wildman–Crippen LogP) is 3.14. The number of thiophene rings is 1. The maximum absolute atomic E-state index is 12.1. The number of halogens is 1. The number of nitrogens with zero attached hydrogens (tertiary/aromatic N) is 1. The first-order valence-corrected chi connectivity index (χ1v) is 9.28. The molecule has 23 heavy (non-hydrogen) atoms. The highest BCUT2D eigenvalue weighted by Crippen LogP contribution is 2.20. The summed E-state index contributed by atoms with van der Waals surface area (Å²) in [6.07, 6.45) is 0.0403. The van der Waals surface area contributed by atoms with E-state index in [4.69, 9.17) is 4.74 Å². The van der Waals surface area contributed by atoms with Crippen molar-refractivity contribution in [3.8, 4) is 0 Å². The van der Waals surface area contributed by atoms with Crippen molar-refractivity contribution >= 4 is 33.2 Å². The number of ether oxygens (including phenoxy) is 1. The zero-order valence-electron chi connectivity index (χ0n) is 12.7. The maximum Gasteiger partial charge on any atom is 0.252 e. The third-order valence-electron chi connectivity index (χ3n) is 3.79. The van der Waals surface area contributed by atoms with Gasteiger partial charge < -0.3 is 10.1 Å². The molecule has 1 aliphatic heterocycles. The Morgan fingerprint density at radius 3 is 2.96 bits per heavy atom. The molecule has 1 unspecified atom stereocenters. The van der Waals surface area contributed by atoms with Crippen LogP contribution in [0.2, 0.25) is 0 Å². The van der Waals surface area contributed by atoms with E-state index in [9.17, 15) is 4.79 Å². The van der Waals surface area contributed by atoms with Crippen molar-refractivity contribution in [1.82, 2.24) is 10.2 Å². The van der Waals surface area contributed by atoms with Crippen molar-refractivity contribution < 1.29 is 9.53 Å². The van der Waals surface area contributed by atoms with Gasteiger partial charge >= 0.3 is 0 Å². The third-order valence-corrected chi connectivity index (χ3v) is 5.30. The molecular formula is C17H19BrN2O2S. The van der Waals surface area contributed by atoms with Crippen LogP contribution in [0.4, 0.5) is 0 Å². The van der Waals surface area contributed by atoms with Gasteiger partial charge in [0.25, 0.3) is 5.91 Å². The number of morpholine rings is 1. The Kier molecular flexibility index (Phi) is 5.83. The highest BCUT2D eigenvalue weighted by Gasteiger charge is 2.21. The van der Waals surface area contributed by atoms with Crippen LogP contribution in [-0.4, -0.2) is 43.2 Å². The lowest BCUT2D eigenvalue weighted by molar-refractivity contribution is -0.0292. The molecule has 2 heterocycles. The molecule has 1 atom stereocenters. The van der Waals surface area contributed by atoms with Gasteiger partial charge in [-0.3, -0.25) is 9.69 Å². The van der Waals surface area contributed by atoms with Crippen LogP contribution in [0.15, 0.2) is 45.6 Å². The Morgan fingerprint density at radius 1 is 1.39 bits per heavy atom. The molecule has 122 valence electrons. The summed E-state index contributed by atoms with van der Waals surface area (Å²) in [5.41, 5.74) is 2.00. The van der Waals surface area contributed by atoms with Crippen molar-refractivity contribution in [2.75, 3.05) is 26.2 Å². The van der Waals surface area contributed by atoms with Gasteiger partial charge in [0.15, 0.2) is 0 Å². The van der Waals surface area contributed by atoms with E-state index in [0.29, 0.717) is 18.7 Å². The number of hydrogen-bond donors (Lipinski definition) is 1. The Morgan fingerprint density at radius 2 is 2.22 bits per heavy atom. The van der Waals surface area contributed by atoms with Crippen molar-refractivity contribution in [3.63, 3.8) is 0 Å². The van der Waals surface area contributed by atoms with Crippen molar-refractivity contribution in [1.29, 1.82) is 0 Å². The predicted molar refractivity (Wildman–Crippen MR) is 95.8 cm³/mol. The number of amides is 1. The second-order valence-corrected chi connectivity index (χ2v) is 7.85. The number of nitrogens with one attached hydrogen (secondary N) is 1. The molecule has 1 saturated heterocycles. The lowest BCUT2D eigenvalue weighted by Crippen LogP contribution is -2.47. The third kappa shape index (κ3) is 4.88. The fourth-order valence-corrected chi connectivity index (χ4v) is 3.76. The van der Waals surface area contributed by atoms with E-state index >= 15 is 0 Å². The first-order valence-electron chi connectivity index (χ1n) is 7.61. The molecule has 2 aromatic rings. The van der Waals surface area contributed by atoms with Gasteiger partial charge in [0.05, 0.1) is 22.1 Å². The van der Waals surface area contributed by atoms with Gasteiger partial charge in [0.1, 0.15) is 0 Å². The van der Waals surface area contributed by atoms with Crippen molar-refractivity contribution in [2.24, 2.45) is 0 Å². The summed E-state index contributed by atoms with van der Waals surface area (Å²) in [7, 11) is 0. The number of carbonyl (C=O) groups excluding carboxylic acids is 1. The number of benzene rings is 1. The molecule has 1 N–H and O–H groups in total. The normalized spacial score (nSPS) is 18.7. The largest absolute Gasteiger partial charge is 0.374 e. The summed E-state index contributed by atoms with van der Waals surface area (Å²) in [6, 6.07) is 12.3. The van der Waals surface area contributed by atoms with E-state index in [1.807, 2.05) is 17.5 Å². The number of rotatable bonds is 5. The highest BCUT2D eigenvalue weighted by molar-refractivity contribution is 9.11. The van der Waals surface area contributed by atoms with Crippen molar-refractivity contribution in [2.45, 2.75) is 12.6 Å². The summed E-state index contributed by atoms with van der Waals surface area (Å²) >= 11 is 4.89. The van der Waals surface area contributed by atoms with E-state index in [-0.39, 0.29) is 12.0 Å². The topological polar surface area (TPSA) is 41.6 Å². The Bertz CT molecular complexity index is 647. The van der Waals surface area contributed by atoms with E-state index in [0.717, 1.165) is 23.4 Å². The maximum atomic E-state index is 12.1. The molecule has 6 heteroatoms. The van der Waals surface area contributed by atoms with E-state index in [2.05, 4.69) is 50.4 Å². The molecule has 0 bridgehead atoms. The smallest absolute Gasteiger partial charge is 0.252 e. The van der Waals surface area contributed by atoms with Crippen LogP contribution >= 0.6 is 27.3 Å². The first kappa shape index (κ1) is 16.6. The second kappa shape index (κ2) is 8.06. The highest BCUT2D eigenvalue weighted by atomic mass is 79.9. The standard InChI is InChI=1S/C17H19BrN2O2S/c18-16-8-14(12-23-16)17(21)19-9-15-11-20(6-7-22-15)10-13-4-2-1-3-5-13/h1-5,8,12,15H,6-7,9-11H2,(H,19,21). The lowest BCUT2D eigenvalue weighted by atomic mass is 10.2. The van der Waals surface area contributed by atoms with Crippen LogP contribution in [0.1, 0.15) is 15.9 Å². The molecule has 3 rings (SSSR count). The van der Waals surface area contributed by atoms with Crippen LogP contribution in [0, 0.1) is 0 Å². The zero-order chi connectivity index (χ0) is 16.1. The second-order valence-electron chi connectivity index (χ2n) is 5.56. The van der Waals surface area contributed by atoms with Gasteiger partial charge in [-0.25, -0.2) is 0 Å². The summed E-state index contributed by atoms with van der Waals surface area (Å²) in [5.74, 6) is -0.0456. The summed E-state index contributed by atoms with van der Waals surface area (Å²) < 4.78 is 6.74. The molecule has 0 spiro atoms. The minimum absolute atomic E-state index is 0.0403. The molecule has 0 aliphatic carbocycles. The Balaban J connectivity index is 1.48. The molecule has 0 radical (unpaired) electrons. The molecule has 4 nitrogen and oxygen atoms in total. The van der Waals surface area contributed by atoms with E-state index in [1.54, 1.807) is 0 Å². The van der Waals surface area contributed by atoms with Crippen LogP contribution in [0.5, 0.6) is 0 Å². The molecule has 1 aliphatic rings. The fourth-order valence-electron chi connectivity index (χ4n) is 2.63. The number of carbonyl (C=O) groups is 1. The quantitative estimate of drug-likeness (QED) is 0.846. The van der Waals surface area contributed by atoms with Crippen molar-refractivity contribution in [3.05, 3.63) is 56.7 Å². The van der Waals surface area contributed by atoms with E-state index < -0.39 is 0 Å². The molecule has 0 saturated carbocycles. The molecule has 1 amide bonds. The van der Waals surface area contributed by atoms with Gasteiger partial charge in [-0.1, -0.05) is 30.3 Å². The van der Waals surface area contributed by atoms with Crippen LogP contribution < -0.4 is 5.32 Å². The first-order chi connectivity index (χ1) is 11.2. The summed E-state index contributed by atoms with van der Waals surface area (Å²) in [5, 5.41) is 4.81. The molecule has 1 aromatic carbocycles. The Hall–Kier alpha value is -1.21. The van der Waals surface area contributed by atoms with Gasteiger partial charge in [0.2, 0.25) is 0 Å². The summed E-state index contributed by atoms with van der Waals surface area (Å²) in [4.78, 5) is 14.5. The molecule has 1 fully saturated rings. The SMILES string of the molecule is O=C(NCC1CN(Cc2ccccc2)CCO1)c1csc(Br)c1. The monoisotopic (exact) mass is 394 g/mol. The average Bonchev–Trinajstić information content (AvgIpc) is 3.01. The number of hydrogen-bond acceptors (Lipinski definition) is 4. The minimum Gasteiger partial charge on any atom is -0.374 e. The fraction of sp³-hybridized carbons (Fsp3) is 0.353. The average molecular weight is 395 g/mol. The van der Waals surface area contributed by atoms with Gasteiger partial charge in [0, 0.05) is 31.6 Å². The summed E-state index contributed by atoms with van der Waals surface area (Å²) in [6.45, 7) is 3.93. The van der Waals surface area contributed by atoms with Crippen LogP contribution in [0.25, 0.3) is 0 Å². The molecule has 1 aromatic heterocycles. The van der Waals surface area contributed by atoms with Crippen LogP contribution in [0.3, 0.4) is 0 Å². The van der Waals surface area contributed by atoms with Crippen LogP contribution in [-0.2, 0) is 11.3 Å². The van der Waals surface area contributed by atoms with Gasteiger partial charge in [-0.05, 0) is 27.6 Å². The van der Waals surface area contributed by atoms with E-state index in [1.165, 1.54) is 16.9 Å². The lowest BCUT2D eigenvalue weighted by Gasteiger charge is -2.33. The zero-order valence-corrected chi connectivity index (χ0v) is 15.1. The molecular weight excluding hydrogens is 376 g/mol. The van der Waals surface area contributed by atoms with Gasteiger partial charge in [-0.2, -0.15) is 0 Å². The van der Waals surface area contributed by atoms with Gasteiger partial charge in [-0.15, -0.1) is 11.3 Å². The Labute approximate surface area is 148 Å².